The molecule has 0 N–H and O–H groups in total. The Kier molecular flexibility index (Phi) is 2.54. The van der Waals surface area contributed by atoms with Crippen molar-refractivity contribution >= 4 is 54.3 Å². The maximum Gasteiger partial charge on any atom is 0.143 e. The summed E-state index contributed by atoms with van der Waals surface area (Å²) in [4.78, 5) is 0. The van der Waals surface area contributed by atoms with Gasteiger partial charge >= 0.3 is 0 Å². The van der Waals surface area contributed by atoms with Crippen molar-refractivity contribution in [2.45, 2.75) is 0 Å². The average molecular weight is 567 g/mol. The molecule has 43 heavy (non-hydrogen) atoms. The first kappa shape index (κ1) is 11.6. The summed E-state index contributed by atoms with van der Waals surface area (Å²) in [6, 6.07) is -3.18. The standard InChI is InChI=1S/C42H26O/c1-2-11-27(12-3-1)40-34-14-4-6-16-36(34)41(37-17-7-5-15-35(37)40)31-24-22-28-25-30(23-21-29(28)26-31)32-18-10-19-38-33-13-8-9-20-39(33)43-42(32)38/h1-26H/i1D,2D,3D,4D,5D,6D,7D,8D,9D,10D,11D,12D,13D,14D,15D,16D,17D,18D,19D,20D. The summed E-state index contributed by atoms with van der Waals surface area (Å²) in [6.45, 7) is 0. The Balaban J connectivity index is 1.39. The molecule has 0 aliphatic heterocycles. The highest BCUT2D eigenvalue weighted by Crippen LogP contribution is 2.44. The topological polar surface area (TPSA) is 13.1 Å². The third-order valence-corrected chi connectivity index (χ3v) is 7.48. The van der Waals surface area contributed by atoms with Gasteiger partial charge in [0.2, 0.25) is 0 Å². The number of hydrogen-bond donors (Lipinski definition) is 0. The summed E-state index contributed by atoms with van der Waals surface area (Å²) in [5, 5.41) is -0.358. The van der Waals surface area contributed by atoms with E-state index in [0.29, 0.717) is 16.3 Å². The Bertz CT molecular complexity index is 3520. The van der Waals surface area contributed by atoms with E-state index in [1.165, 1.54) is 0 Å². The monoisotopic (exact) mass is 566 g/mol. The van der Waals surface area contributed by atoms with E-state index in [9.17, 15) is 2.74 Å². The second-order valence-corrected chi connectivity index (χ2v) is 9.79. The molecule has 8 aromatic carbocycles. The Morgan fingerprint density at radius 1 is 0.395 bits per heavy atom. The van der Waals surface area contributed by atoms with Gasteiger partial charge in [0.25, 0.3) is 0 Å². The smallest absolute Gasteiger partial charge is 0.143 e. The van der Waals surface area contributed by atoms with Gasteiger partial charge in [0.05, 0.1) is 27.4 Å². The Labute approximate surface area is 277 Å². The third kappa shape index (κ3) is 3.72. The van der Waals surface area contributed by atoms with Crippen LogP contribution in [0.15, 0.2) is 162 Å². The molecule has 0 aliphatic rings. The third-order valence-electron chi connectivity index (χ3n) is 7.48. The zero-order chi connectivity index (χ0) is 45.7. The molecule has 0 radical (unpaired) electrons. The molecular formula is C42H26O. The van der Waals surface area contributed by atoms with Gasteiger partial charge in [-0.25, -0.2) is 0 Å². The van der Waals surface area contributed by atoms with Crippen molar-refractivity contribution in [1.82, 2.24) is 0 Å². The summed E-state index contributed by atoms with van der Waals surface area (Å²) in [7, 11) is 0. The quantitative estimate of drug-likeness (QED) is 0.194. The minimum Gasteiger partial charge on any atom is -0.455 e. The second kappa shape index (κ2) is 9.44. The van der Waals surface area contributed by atoms with Crippen molar-refractivity contribution in [1.29, 1.82) is 0 Å². The Morgan fingerprint density at radius 3 is 1.58 bits per heavy atom. The molecule has 0 atom stereocenters. The number of para-hydroxylation sites is 2. The SMILES string of the molecule is [2H]c1c([2H])c([2H])c(-c2c3c([2H])c([2H])c([2H])c([2H])c3c(-c3ccc4cc(-c5c([2H])c([2H])c([2H])c6c5oc5c([2H])c([2H])c([2H])c([2H])c56)ccc4c3)c3c([2H])c([2H])c([2H])c([2H])c23)c([2H])c1[2H]. The number of fused-ring (bicyclic) bond motifs is 6. The van der Waals surface area contributed by atoms with Gasteiger partial charge in [0.15, 0.2) is 0 Å². The molecule has 1 heterocycles. The molecule has 0 unspecified atom stereocenters. The number of rotatable bonds is 3. The molecule has 9 rings (SSSR count). The van der Waals surface area contributed by atoms with Gasteiger partial charge in [-0.15, -0.1) is 0 Å². The van der Waals surface area contributed by atoms with Crippen molar-refractivity contribution in [2.24, 2.45) is 0 Å². The molecule has 1 nitrogen and oxygen atoms in total. The second-order valence-electron chi connectivity index (χ2n) is 9.79. The van der Waals surface area contributed by atoms with Gasteiger partial charge in [-0.2, -0.15) is 0 Å². The largest absolute Gasteiger partial charge is 0.455 e. The van der Waals surface area contributed by atoms with Crippen LogP contribution < -0.4 is 0 Å². The summed E-state index contributed by atoms with van der Waals surface area (Å²) in [5.41, 5.74) is -0.745. The fourth-order valence-corrected chi connectivity index (χ4v) is 5.63. The van der Waals surface area contributed by atoms with Crippen LogP contribution in [0.5, 0.6) is 0 Å². The van der Waals surface area contributed by atoms with E-state index in [1.807, 2.05) is 0 Å². The van der Waals surface area contributed by atoms with Crippen LogP contribution in [-0.2, 0) is 0 Å². The zero-order valence-electron chi connectivity index (χ0n) is 41.9. The highest BCUT2D eigenvalue weighted by Gasteiger charge is 2.17. The lowest BCUT2D eigenvalue weighted by molar-refractivity contribution is 0.670. The predicted molar refractivity (Wildman–Crippen MR) is 183 cm³/mol. The molecule has 200 valence electrons. The summed E-state index contributed by atoms with van der Waals surface area (Å²) in [5.74, 6) is 0. The van der Waals surface area contributed by atoms with Crippen molar-refractivity contribution in [3.8, 4) is 33.4 Å². The summed E-state index contributed by atoms with van der Waals surface area (Å²) < 4.78 is 180. The normalized spacial score (nSPS) is 18.2. The van der Waals surface area contributed by atoms with Crippen LogP contribution in [0.4, 0.5) is 0 Å². The number of furan rings is 1. The highest BCUT2D eigenvalue weighted by molar-refractivity contribution is 6.21. The molecule has 0 saturated heterocycles. The maximum atomic E-state index is 9.21. The van der Waals surface area contributed by atoms with E-state index >= 15 is 0 Å². The minimum absolute atomic E-state index is 0.0391. The van der Waals surface area contributed by atoms with Crippen molar-refractivity contribution in [2.75, 3.05) is 0 Å². The van der Waals surface area contributed by atoms with Crippen LogP contribution in [0.25, 0.3) is 87.6 Å². The van der Waals surface area contributed by atoms with Crippen LogP contribution >= 0.6 is 0 Å². The molecule has 0 bridgehead atoms. The lowest BCUT2D eigenvalue weighted by Gasteiger charge is -2.18. The van der Waals surface area contributed by atoms with Crippen molar-refractivity contribution in [3.63, 3.8) is 0 Å². The van der Waals surface area contributed by atoms with Gasteiger partial charge in [-0.1, -0.05) is 139 Å². The molecule has 1 heteroatoms. The van der Waals surface area contributed by atoms with Gasteiger partial charge in [0.1, 0.15) is 11.2 Å². The van der Waals surface area contributed by atoms with E-state index in [4.69, 9.17) is 29.1 Å². The first-order valence-electron chi connectivity index (χ1n) is 23.1. The lowest BCUT2D eigenvalue weighted by atomic mass is 9.85. The van der Waals surface area contributed by atoms with Crippen molar-refractivity contribution in [3.05, 3.63) is 157 Å². The van der Waals surface area contributed by atoms with Crippen LogP contribution in [0, 0.1) is 0 Å². The van der Waals surface area contributed by atoms with Crippen LogP contribution in [0.1, 0.15) is 27.4 Å². The fourth-order valence-electron chi connectivity index (χ4n) is 5.63. The highest BCUT2D eigenvalue weighted by atomic mass is 16.3. The molecule has 0 amide bonds. The van der Waals surface area contributed by atoms with E-state index in [1.54, 1.807) is 36.4 Å². The summed E-state index contributed by atoms with van der Waals surface area (Å²) in [6.07, 6.45) is 0. The molecule has 0 saturated carbocycles. The zero-order valence-corrected chi connectivity index (χ0v) is 21.9. The molecule has 0 fully saturated rings. The maximum absolute atomic E-state index is 9.21. The molecule has 0 aliphatic carbocycles. The summed E-state index contributed by atoms with van der Waals surface area (Å²) >= 11 is 0. The van der Waals surface area contributed by atoms with E-state index < -0.39 is 132 Å². The van der Waals surface area contributed by atoms with Crippen LogP contribution in [0.3, 0.4) is 0 Å². The van der Waals surface area contributed by atoms with E-state index in [0.717, 1.165) is 0 Å². The first-order valence-corrected chi connectivity index (χ1v) is 13.1. The first-order chi connectivity index (χ1) is 29.6. The number of benzene rings is 8. The Hall–Kier alpha value is -5.66. The number of hydrogen-bond acceptors (Lipinski definition) is 1. The lowest BCUT2D eigenvalue weighted by Crippen LogP contribution is -1.90. The van der Waals surface area contributed by atoms with E-state index in [-0.39, 0.29) is 60.2 Å². The van der Waals surface area contributed by atoms with Gasteiger partial charge in [-0.3, -0.25) is 0 Å². The fraction of sp³-hybridized carbons (Fsp3) is 0. The molecule has 1 aromatic heterocycles. The molecular weight excluding hydrogens is 520 g/mol. The van der Waals surface area contributed by atoms with Crippen LogP contribution in [-0.4, -0.2) is 0 Å². The molecule has 0 spiro atoms. The minimum atomic E-state index is -0.772. The average Bonchev–Trinajstić information content (AvgIpc) is 3.67. The van der Waals surface area contributed by atoms with Gasteiger partial charge in [0, 0.05) is 16.3 Å². The Morgan fingerprint density at radius 2 is 0.907 bits per heavy atom. The van der Waals surface area contributed by atoms with Gasteiger partial charge < -0.3 is 4.42 Å². The van der Waals surface area contributed by atoms with Crippen LogP contribution in [0.2, 0.25) is 0 Å². The van der Waals surface area contributed by atoms with E-state index in [2.05, 4.69) is 0 Å². The predicted octanol–water partition coefficient (Wildman–Crippen LogP) is 12.0. The molecule has 9 aromatic rings. The van der Waals surface area contributed by atoms with Gasteiger partial charge in [-0.05, 0) is 78.3 Å². The van der Waals surface area contributed by atoms with Crippen molar-refractivity contribution < 1.29 is 31.8 Å².